The highest BCUT2D eigenvalue weighted by atomic mass is 32.2. The number of unbranched alkanes of at least 4 members (excludes halogenated alkanes) is 1. The van der Waals surface area contributed by atoms with Gasteiger partial charge in [-0.15, -0.1) is 11.8 Å². The number of hydrogen-bond donors (Lipinski definition) is 3. The molecule has 8 nitrogen and oxygen atoms in total. The van der Waals surface area contributed by atoms with Crippen molar-refractivity contribution in [2.75, 3.05) is 11.1 Å². The molecule has 0 unspecified atom stereocenters. The van der Waals surface area contributed by atoms with E-state index in [-0.39, 0.29) is 28.3 Å². The van der Waals surface area contributed by atoms with Crippen LogP contribution in [-0.2, 0) is 4.79 Å². The number of carbonyl (C=O) groups excluding carboxylic acids is 3. The average Bonchev–Trinajstić information content (AvgIpc) is 3.12. The molecule has 0 aliphatic heterocycles. The smallest absolute Gasteiger partial charge is 0.303 e. The number of nitrogens with zero attached hydrogens (tertiary/aromatic N) is 1. The molecule has 9 heteroatoms. The van der Waals surface area contributed by atoms with Crippen LogP contribution in [0.25, 0.3) is 0 Å². The van der Waals surface area contributed by atoms with Crippen molar-refractivity contribution in [3.05, 3.63) is 58.3 Å². The van der Waals surface area contributed by atoms with Gasteiger partial charge >= 0.3 is 5.97 Å². The monoisotopic (exact) mass is 399 g/mol. The molecule has 0 radical (unpaired) electrons. The van der Waals surface area contributed by atoms with Crippen LogP contribution in [0.4, 0.5) is 5.69 Å². The molecule has 0 spiro atoms. The Morgan fingerprint density at radius 1 is 1.14 bits per heavy atom. The van der Waals surface area contributed by atoms with Gasteiger partial charge in [-0.1, -0.05) is 18.2 Å². The fourth-order valence-electron chi connectivity index (χ4n) is 2.66. The quantitative estimate of drug-likeness (QED) is 0.582. The lowest BCUT2D eigenvalue weighted by Crippen LogP contribution is -2.20. The lowest BCUT2D eigenvalue weighted by molar-refractivity contribution is -0.137. The lowest BCUT2D eigenvalue weighted by Gasteiger charge is -2.12. The molecule has 1 amide bonds. The summed E-state index contributed by atoms with van der Waals surface area (Å²) in [5.74, 6) is -1.82. The first-order chi connectivity index (χ1) is 13.5. The number of carbonyl (C=O) groups is 4. The van der Waals surface area contributed by atoms with E-state index in [2.05, 4.69) is 15.5 Å². The molecule has 1 aromatic heterocycles. The summed E-state index contributed by atoms with van der Waals surface area (Å²) < 4.78 is 0. The molecule has 0 atom stereocenters. The van der Waals surface area contributed by atoms with E-state index in [4.69, 9.17) is 5.11 Å². The number of nitrogens with one attached hydrogen (secondary N) is 2. The highest BCUT2D eigenvalue weighted by Gasteiger charge is 2.33. The number of para-hydroxylation sites is 1. The van der Waals surface area contributed by atoms with Crippen LogP contribution in [0.2, 0.25) is 0 Å². The molecule has 0 fully saturated rings. The second-order valence-electron chi connectivity index (χ2n) is 6.04. The fraction of sp³-hybridized carbons (Fsp3) is 0.211. The molecule has 1 aliphatic rings. The van der Waals surface area contributed by atoms with Crippen LogP contribution in [0, 0.1) is 0 Å². The Bertz CT molecular complexity index is 965. The van der Waals surface area contributed by atoms with Crippen molar-refractivity contribution in [2.45, 2.75) is 19.3 Å². The van der Waals surface area contributed by atoms with Gasteiger partial charge in [0.05, 0.1) is 10.5 Å². The van der Waals surface area contributed by atoms with E-state index in [1.54, 1.807) is 30.3 Å². The standard InChI is InChI=1S/C19H17N3O5S/c23-12-10-13(28-9-5-4-8-14(24)25)18(26)15-16(12)21-22-17(15)19(27)20-11-6-2-1-3-7-11/h1-3,6-7,10H,4-5,8-9H2,(H,20,27)(H,21,22)(H,24,25). The molecule has 144 valence electrons. The number of fused-ring (bicyclic) bond motifs is 1. The maximum absolute atomic E-state index is 12.8. The van der Waals surface area contributed by atoms with E-state index in [1.807, 2.05) is 0 Å². The molecule has 1 heterocycles. The number of hydrogen-bond acceptors (Lipinski definition) is 6. The molecular weight excluding hydrogens is 382 g/mol. The number of thioether (sulfide) groups is 1. The Labute approximate surface area is 164 Å². The Balaban J connectivity index is 1.72. The average molecular weight is 399 g/mol. The Hall–Kier alpha value is -3.20. The van der Waals surface area contributed by atoms with Crippen molar-refractivity contribution < 1.29 is 24.3 Å². The van der Waals surface area contributed by atoms with Crippen molar-refractivity contribution >= 4 is 40.9 Å². The normalized spacial score (nSPS) is 13.1. The van der Waals surface area contributed by atoms with Crippen molar-refractivity contribution in [1.82, 2.24) is 10.2 Å². The first-order valence-corrected chi connectivity index (χ1v) is 9.56. The molecular formula is C19H17N3O5S. The van der Waals surface area contributed by atoms with Gasteiger partial charge in [-0.3, -0.25) is 24.3 Å². The first kappa shape index (κ1) is 19.6. The van der Waals surface area contributed by atoms with Gasteiger partial charge in [0.2, 0.25) is 11.6 Å². The van der Waals surface area contributed by atoms with Crippen LogP contribution in [-0.4, -0.2) is 44.5 Å². The van der Waals surface area contributed by atoms with Crippen molar-refractivity contribution in [3.8, 4) is 0 Å². The Morgan fingerprint density at radius 3 is 2.61 bits per heavy atom. The summed E-state index contributed by atoms with van der Waals surface area (Å²) in [4.78, 5) is 48.4. The number of amides is 1. The maximum Gasteiger partial charge on any atom is 0.303 e. The number of allylic oxidation sites excluding steroid dienone is 2. The number of aliphatic carboxylic acids is 1. The zero-order chi connectivity index (χ0) is 20.1. The first-order valence-electron chi connectivity index (χ1n) is 8.57. The fourth-order valence-corrected chi connectivity index (χ4v) is 3.66. The molecule has 3 rings (SSSR count). The zero-order valence-electron chi connectivity index (χ0n) is 14.7. The van der Waals surface area contributed by atoms with E-state index in [0.717, 1.165) is 0 Å². The predicted molar refractivity (Wildman–Crippen MR) is 104 cm³/mol. The third kappa shape index (κ3) is 4.37. The number of aromatic nitrogens is 2. The molecule has 0 saturated carbocycles. The van der Waals surface area contributed by atoms with Crippen LogP contribution in [0.15, 0.2) is 41.3 Å². The third-order valence-corrected chi connectivity index (χ3v) is 5.12. The van der Waals surface area contributed by atoms with Crippen molar-refractivity contribution in [2.24, 2.45) is 0 Å². The van der Waals surface area contributed by atoms with E-state index in [1.165, 1.54) is 17.8 Å². The molecule has 1 aromatic carbocycles. The van der Waals surface area contributed by atoms with E-state index in [0.29, 0.717) is 24.3 Å². The van der Waals surface area contributed by atoms with E-state index >= 15 is 0 Å². The van der Waals surface area contributed by atoms with Gasteiger partial charge in [0.25, 0.3) is 5.91 Å². The number of carboxylic acids is 1. The van der Waals surface area contributed by atoms with Gasteiger partial charge in [0.1, 0.15) is 11.4 Å². The summed E-state index contributed by atoms with van der Waals surface area (Å²) >= 11 is 1.18. The molecule has 3 N–H and O–H groups in total. The number of Topliss-reactive ketones (excluding diaryl/α,β-unsaturated/α-hetero) is 1. The molecule has 1 aliphatic carbocycles. The van der Waals surface area contributed by atoms with E-state index in [9.17, 15) is 19.2 Å². The SMILES string of the molecule is O=C(O)CCCCSC1=CC(=O)c2n[nH]c(C(=O)Nc3ccccc3)c2C1=O. The largest absolute Gasteiger partial charge is 0.481 e. The summed E-state index contributed by atoms with van der Waals surface area (Å²) in [5.41, 5.74) is 0.385. The minimum absolute atomic E-state index is 0.0334. The number of rotatable bonds is 8. The van der Waals surface area contributed by atoms with Crippen LogP contribution in [0.5, 0.6) is 0 Å². The van der Waals surface area contributed by atoms with Crippen LogP contribution in [0.3, 0.4) is 0 Å². The van der Waals surface area contributed by atoms with Gasteiger partial charge < -0.3 is 10.4 Å². The third-order valence-electron chi connectivity index (χ3n) is 4.01. The molecule has 0 saturated heterocycles. The van der Waals surface area contributed by atoms with Crippen LogP contribution >= 0.6 is 11.8 Å². The molecule has 0 bridgehead atoms. The Morgan fingerprint density at radius 2 is 1.89 bits per heavy atom. The van der Waals surface area contributed by atoms with Gasteiger partial charge in [-0.05, 0) is 30.7 Å². The maximum atomic E-state index is 12.8. The number of anilines is 1. The van der Waals surface area contributed by atoms with Crippen LogP contribution < -0.4 is 5.32 Å². The second kappa shape index (κ2) is 8.66. The number of aromatic amines is 1. The highest BCUT2D eigenvalue weighted by Crippen LogP contribution is 2.30. The number of benzene rings is 1. The lowest BCUT2D eigenvalue weighted by atomic mass is 9.99. The molecule has 2 aromatic rings. The summed E-state index contributed by atoms with van der Waals surface area (Å²) in [5, 5.41) is 17.6. The predicted octanol–water partition coefficient (Wildman–Crippen LogP) is 2.91. The summed E-state index contributed by atoms with van der Waals surface area (Å²) in [7, 11) is 0. The van der Waals surface area contributed by atoms with Gasteiger partial charge in [0.15, 0.2) is 0 Å². The van der Waals surface area contributed by atoms with E-state index < -0.39 is 23.4 Å². The summed E-state index contributed by atoms with van der Waals surface area (Å²) in [6.45, 7) is 0. The number of ketones is 2. The number of carboxylic acid groups (broad SMARTS) is 1. The van der Waals surface area contributed by atoms with Crippen molar-refractivity contribution in [1.29, 1.82) is 0 Å². The zero-order valence-corrected chi connectivity index (χ0v) is 15.5. The van der Waals surface area contributed by atoms with Crippen molar-refractivity contribution in [3.63, 3.8) is 0 Å². The number of H-pyrrole nitrogens is 1. The molecule has 28 heavy (non-hydrogen) atoms. The van der Waals surface area contributed by atoms with Crippen LogP contribution in [0.1, 0.15) is 50.6 Å². The highest BCUT2D eigenvalue weighted by molar-refractivity contribution is 8.04. The summed E-state index contributed by atoms with van der Waals surface area (Å²) in [6.07, 6.45) is 2.35. The Kier molecular flexibility index (Phi) is 6.05. The second-order valence-corrected chi connectivity index (χ2v) is 7.18. The topological polar surface area (TPSA) is 129 Å². The minimum atomic E-state index is -0.870. The van der Waals surface area contributed by atoms with Gasteiger partial charge in [0, 0.05) is 18.2 Å². The van der Waals surface area contributed by atoms with Gasteiger partial charge in [-0.25, -0.2) is 0 Å². The minimum Gasteiger partial charge on any atom is -0.481 e. The van der Waals surface area contributed by atoms with Gasteiger partial charge in [-0.2, -0.15) is 5.10 Å². The summed E-state index contributed by atoms with van der Waals surface area (Å²) in [6, 6.07) is 8.72.